The molecule has 0 radical (unpaired) electrons. The minimum Gasteiger partial charge on any atom is -0.396 e. The number of rotatable bonds is 8. The van der Waals surface area contributed by atoms with Crippen molar-refractivity contribution in [1.29, 1.82) is 0 Å². The lowest BCUT2D eigenvalue weighted by atomic mass is 9.72. The van der Waals surface area contributed by atoms with E-state index in [4.69, 9.17) is 9.73 Å². The van der Waals surface area contributed by atoms with Crippen LogP contribution in [-0.4, -0.2) is 43.9 Å². The van der Waals surface area contributed by atoms with Crippen molar-refractivity contribution in [1.82, 2.24) is 10.6 Å². The molecule has 1 aliphatic carbocycles. The van der Waals surface area contributed by atoms with Crippen molar-refractivity contribution >= 4 is 5.96 Å². The third-order valence-electron chi connectivity index (χ3n) is 6.35. The first-order valence-electron chi connectivity index (χ1n) is 11.1. The molecule has 2 fully saturated rings. The quantitative estimate of drug-likeness (QED) is 0.470. The van der Waals surface area contributed by atoms with Crippen molar-refractivity contribution in [2.45, 2.75) is 58.0 Å². The maximum Gasteiger partial charge on any atom is 0.191 e. The fourth-order valence-electron chi connectivity index (χ4n) is 4.70. The van der Waals surface area contributed by atoms with Crippen LogP contribution in [0.4, 0.5) is 0 Å². The number of hydrogen-bond donors (Lipinski definition) is 3. The molecule has 5 nitrogen and oxygen atoms in total. The lowest BCUT2D eigenvalue weighted by Crippen LogP contribution is -2.41. The fraction of sp³-hybridized carbons (Fsp3) is 0.696. The predicted molar refractivity (Wildman–Crippen MR) is 114 cm³/mol. The standard InChI is InChI=1S/C23H37N3O2/c1-2-24-22(26-18-23(14-15-27)12-7-4-8-13-23)25-17-20-11-16-28-21(20)19-9-5-3-6-10-19/h3,5-6,9-10,20-21,27H,2,4,7-8,11-18H2,1H3,(H2,24,25,26). The Labute approximate surface area is 170 Å². The average Bonchev–Trinajstić information content (AvgIpc) is 3.20. The summed E-state index contributed by atoms with van der Waals surface area (Å²) in [6, 6.07) is 10.5. The van der Waals surface area contributed by atoms with Gasteiger partial charge < -0.3 is 20.5 Å². The molecule has 156 valence electrons. The summed E-state index contributed by atoms with van der Waals surface area (Å²) in [4.78, 5) is 4.93. The number of nitrogens with zero attached hydrogens (tertiary/aromatic N) is 1. The van der Waals surface area contributed by atoms with Crippen molar-refractivity contribution in [3.63, 3.8) is 0 Å². The van der Waals surface area contributed by atoms with Gasteiger partial charge in [-0.1, -0.05) is 49.6 Å². The van der Waals surface area contributed by atoms with Crippen molar-refractivity contribution in [3.05, 3.63) is 35.9 Å². The first-order chi connectivity index (χ1) is 13.8. The highest BCUT2D eigenvalue weighted by atomic mass is 16.5. The number of nitrogens with one attached hydrogen (secondary N) is 2. The lowest BCUT2D eigenvalue weighted by molar-refractivity contribution is 0.0915. The van der Waals surface area contributed by atoms with E-state index in [0.29, 0.717) is 5.92 Å². The number of aliphatic hydroxyl groups is 1. The van der Waals surface area contributed by atoms with Crippen LogP contribution in [-0.2, 0) is 4.74 Å². The highest BCUT2D eigenvalue weighted by Crippen LogP contribution is 2.39. The third kappa shape index (κ3) is 5.71. The van der Waals surface area contributed by atoms with E-state index in [1.54, 1.807) is 0 Å². The van der Waals surface area contributed by atoms with E-state index in [1.807, 2.05) is 0 Å². The molecule has 1 saturated heterocycles. The van der Waals surface area contributed by atoms with Gasteiger partial charge in [0.15, 0.2) is 5.96 Å². The van der Waals surface area contributed by atoms with Crippen LogP contribution < -0.4 is 10.6 Å². The van der Waals surface area contributed by atoms with E-state index in [-0.39, 0.29) is 18.1 Å². The van der Waals surface area contributed by atoms with Gasteiger partial charge in [0.2, 0.25) is 0 Å². The van der Waals surface area contributed by atoms with E-state index < -0.39 is 0 Å². The Morgan fingerprint density at radius 3 is 2.68 bits per heavy atom. The Morgan fingerprint density at radius 1 is 1.18 bits per heavy atom. The van der Waals surface area contributed by atoms with Crippen molar-refractivity contribution in [3.8, 4) is 0 Å². The third-order valence-corrected chi connectivity index (χ3v) is 6.35. The van der Waals surface area contributed by atoms with Gasteiger partial charge in [-0.2, -0.15) is 0 Å². The van der Waals surface area contributed by atoms with Crippen LogP contribution in [0.25, 0.3) is 0 Å². The van der Waals surface area contributed by atoms with Crippen LogP contribution in [0.1, 0.15) is 63.5 Å². The smallest absolute Gasteiger partial charge is 0.191 e. The Hall–Kier alpha value is -1.59. The maximum atomic E-state index is 9.54. The summed E-state index contributed by atoms with van der Waals surface area (Å²) >= 11 is 0. The Kier molecular flexibility index (Phi) is 8.16. The normalized spacial score (nSPS) is 24.9. The fourth-order valence-corrected chi connectivity index (χ4v) is 4.70. The number of guanidine groups is 1. The molecule has 2 unspecified atom stereocenters. The first kappa shape index (κ1) is 21.1. The maximum absolute atomic E-state index is 9.54. The van der Waals surface area contributed by atoms with Crippen LogP contribution in [0, 0.1) is 11.3 Å². The zero-order valence-electron chi connectivity index (χ0n) is 17.3. The van der Waals surface area contributed by atoms with Gasteiger partial charge in [-0.05, 0) is 43.6 Å². The van der Waals surface area contributed by atoms with E-state index in [2.05, 4.69) is 47.9 Å². The minimum absolute atomic E-state index is 0.163. The summed E-state index contributed by atoms with van der Waals surface area (Å²) in [6.07, 6.45) is 8.30. The van der Waals surface area contributed by atoms with Gasteiger partial charge in [0, 0.05) is 38.8 Å². The van der Waals surface area contributed by atoms with Crippen LogP contribution in [0.3, 0.4) is 0 Å². The predicted octanol–water partition coefficient (Wildman–Crippen LogP) is 3.65. The van der Waals surface area contributed by atoms with E-state index in [0.717, 1.165) is 45.0 Å². The summed E-state index contributed by atoms with van der Waals surface area (Å²) in [5.41, 5.74) is 1.44. The van der Waals surface area contributed by atoms with Crippen LogP contribution in [0.5, 0.6) is 0 Å². The molecule has 2 atom stereocenters. The van der Waals surface area contributed by atoms with Gasteiger partial charge in [0.1, 0.15) is 0 Å². The molecule has 28 heavy (non-hydrogen) atoms. The first-order valence-corrected chi connectivity index (χ1v) is 11.1. The van der Waals surface area contributed by atoms with E-state index in [9.17, 15) is 5.11 Å². The van der Waals surface area contributed by atoms with Gasteiger partial charge in [-0.25, -0.2) is 0 Å². The van der Waals surface area contributed by atoms with Gasteiger partial charge in [0.25, 0.3) is 0 Å². The summed E-state index contributed by atoms with van der Waals surface area (Å²) in [7, 11) is 0. The number of benzene rings is 1. The van der Waals surface area contributed by atoms with Crippen molar-refractivity contribution < 1.29 is 9.84 Å². The number of aliphatic hydroxyl groups excluding tert-OH is 1. The van der Waals surface area contributed by atoms with Crippen LogP contribution in [0.15, 0.2) is 35.3 Å². The molecule has 1 saturated carbocycles. The zero-order valence-corrected chi connectivity index (χ0v) is 17.3. The second-order valence-electron chi connectivity index (χ2n) is 8.36. The van der Waals surface area contributed by atoms with Crippen molar-refractivity contribution in [2.24, 2.45) is 16.3 Å². The van der Waals surface area contributed by atoms with Gasteiger partial charge >= 0.3 is 0 Å². The van der Waals surface area contributed by atoms with Gasteiger partial charge in [-0.3, -0.25) is 4.99 Å². The van der Waals surface area contributed by atoms with Crippen molar-refractivity contribution in [2.75, 3.05) is 32.8 Å². The average molecular weight is 388 g/mol. The second kappa shape index (κ2) is 10.8. The summed E-state index contributed by atoms with van der Waals surface area (Å²) in [5.74, 6) is 1.34. The Morgan fingerprint density at radius 2 is 1.96 bits per heavy atom. The Bertz CT molecular complexity index is 594. The van der Waals surface area contributed by atoms with Gasteiger partial charge in [0.05, 0.1) is 6.10 Å². The molecule has 1 aromatic carbocycles. The molecule has 3 rings (SSSR count). The molecule has 0 amide bonds. The lowest BCUT2D eigenvalue weighted by Gasteiger charge is -2.35. The zero-order chi connectivity index (χ0) is 19.7. The van der Waals surface area contributed by atoms with Crippen LogP contribution >= 0.6 is 0 Å². The molecule has 1 aromatic rings. The topological polar surface area (TPSA) is 65.9 Å². The molecule has 2 aliphatic rings. The molecular formula is C23H37N3O2. The molecule has 1 heterocycles. The largest absolute Gasteiger partial charge is 0.396 e. The Balaban J connectivity index is 1.60. The highest BCUT2D eigenvalue weighted by molar-refractivity contribution is 5.79. The molecule has 0 spiro atoms. The molecule has 3 N–H and O–H groups in total. The SMILES string of the molecule is CCNC(=NCC1(CCO)CCCCC1)NCC1CCOC1c1ccccc1. The second-order valence-corrected chi connectivity index (χ2v) is 8.36. The molecule has 0 bridgehead atoms. The molecular weight excluding hydrogens is 350 g/mol. The minimum atomic E-state index is 0.163. The number of hydrogen-bond acceptors (Lipinski definition) is 3. The molecule has 1 aliphatic heterocycles. The number of ether oxygens (including phenoxy) is 1. The molecule has 5 heteroatoms. The van der Waals surface area contributed by atoms with E-state index >= 15 is 0 Å². The monoisotopic (exact) mass is 387 g/mol. The van der Waals surface area contributed by atoms with E-state index in [1.165, 1.54) is 37.7 Å². The summed E-state index contributed by atoms with van der Waals surface area (Å²) in [6.45, 7) is 5.69. The highest BCUT2D eigenvalue weighted by Gasteiger charge is 2.32. The van der Waals surface area contributed by atoms with Gasteiger partial charge in [-0.15, -0.1) is 0 Å². The summed E-state index contributed by atoms with van der Waals surface area (Å²) < 4.78 is 6.02. The summed E-state index contributed by atoms with van der Waals surface area (Å²) in [5, 5.41) is 16.5. The molecule has 0 aromatic heterocycles. The van der Waals surface area contributed by atoms with Crippen LogP contribution in [0.2, 0.25) is 0 Å². The number of aliphatic imine (C=N–C) groups is 1.